The first-order valence-electron chi connectivity index (χ1n) is 13.6. The molecule has 1 aromatic heterocycles. The summed E-state index contributed by atoms with van der Waals surface area (Å²) in [5.41, 5.74) is 0.798. The lowest BCUT2D eigenvalue weighted by atomic mass is 10.0. The van der Waals surface area contributed by atoms with Gasteiger partial charge in [-0.2, -0.15) is 0 Å². The van der Waals surface area contributed by atoms with Gasteiger partial charge in [-0.25, -0.2) is 8.78 Å². The summed E-state index contributed by atoms with van der Waals surface area (Å²) in [6.45, 7) is 2.78. The lowest BCUT2D eigenvalue weighted by molar-refractivity contribution is 0.0939. The highest BCUT2D eigenvalue weighted by molar-refractivity contribution is 6.07. The van der Waals surface area contributed by atoms with Gasteiger partial charge in [0.05, 0.1) is 35.7 Å². The summed E-state index contributed by atoms with van der Waals surface area (Å²) in [6, 6.07) is 7.54. The molecule has 0 spiro atoms. The maximum atomic E-state index is 15.7. The fourth-order valence-corrected chi connectivity index (χ4v) is 5.47. The van der Waals surface area contributed by atoms with Gasteiger partial charge in [-0.1, -0.05) is 25.6 Å². The van der Waals surface area contributed by atoms with Crippen molar-refractivity contribution in [2.75, 3.05) is 31.6 Å². The summed E-state index contributed by atoms with van der Waals surface area (Å²) >= 11 is 0. The zero-order valence-electron chi connectivity index (χ0n) is 23.2. The number of nitrogens with one attached hydrogen (secondary N) is 1. The highest BCUT2D eigenvalue weighted by atomic mass is 19.1. The lowest BCUT2D eigenvalue weighted by Gasteiger charge is -2.33. The van der Waals surface area contributed by atoms with Crippen LogP contribution in [0.1, 0.15) is 84.1 Å². The van der Waals surface area contributed by atoms with Crippen molar-refractivity contribution in [3.8, 4) is 5.75 Å². The molecule has 5 rings (SSSR count). The lowest BCUT2D eigenvalue weighted by Crippen LogP contribution is -2.34. The Hall–Kier alpha value is -4.34. The number of nitrogens with zero attached hydrogens (tertiary/aromatic N) is 2. The van der Waals surface area contributed by atoms with E-state index >= 15 is 8.78 Å². The van der Waals surface area contributed by atoms with Gasteiger partial charge in [-0.15, -0.1) is 0 Å². The normalized spacial score (nSPS) is 16.1. The van der Waals surface area contributed by atoms with Crippen LogP contribution < -0.4 is 20.4 Å². The van der Waals surface area contributed by atoms with Gasteiger partial charge in [-0.05, 0) is 57.2 Å². The van der Waals surface area contributed by atoms with Gasteiger partial charge in [0.25, 0.3) is 5.91 Å². The van der Waals surface area contributed by atoms with E-state index in [0.29, 0.717) is 30.5 Å². The number of rotatable bonds is 8. The minimum absolute atomic E-state index is 0. The van der Waals surface area contributed by atoms with Crippen LogP contribution in [0.5, 0.6) is 5.75 Å². The fraction of sp³-hybridized carbons (Fsp3) is 0.375. The number of benzene rings is 2. The molecule has 2 aliphatic rings. The van der Waals surface area contributed by atoms with E-state index in [2.05, 4.69) is 5.32 Å². The fourth-order valence-electron chi connectivity index (χ4n) is 5.47. The van der Waals surface area contributed by atoms with E-state index < -0.39 is 28.8 Å². The van der Waals surface area contributed by atoms with Crippen LogP contribution in [0.3, 0.4) is 0 Å². The Kier molecular flexibility index (Phi) is 8.94. The molecule has 2 aromatic carbocycles. The van der Waals surface area contributed by atoms with E-state index in [-0.39, 0.29) is 65.9 Å². The molecule has 222 valence electrons. The molecule has 0 bridgehead atoms. The van der Waals surface area contributed by atoms with Gasteiger partial charge in [-0.3, -0.25) is 19.2 Å². The summed E-state index contributed by atoms with van der Waals surface area (Å²) in [5, 5.41) is 2.61. The van der Waals surface area contributed by atoms with Crippen molar-refractivity contribution in [2.24, 2.45) is 0 Å². The van der Waals surface area contributed by atoms with Gasteiger partial charge < -0.3 is 19.5 Å². The molecular weight excluding hydrogens is 544 g/mol. The van der Waals surface area contributed by atoms with E-state index in [4.69, 9.17) is 4.74 Å². The van der Waals surface area contributed by atoms with Crippen LogP contribution in [0.2, 0.25) is 0 Å². The number of hydrogen-bond donors (Lipinski definition) is 1. The number of Topliss-reactive ketones (excluding diaryl/α,β-unsaturated/α-hetero) is 2. The number of ketones is 2. The summed E-state index contributed by atoms with van der Waals surface area (Å²) in [6.07, 6.45) is 4.20. The molecule has 1 N–H and O–H groups in total. The Morgan fingerprint density at radius 2 is 1.74 bits per heavy atom. The highest BCUT2D eigenvalue weighted by Gasteiger charge is 2.32. The number of methoxy groups -OCH3 is 1. The third-order valence-electron chi connectivity index (χ3n) is 7.67. The standard InChI is InChI=1S/C31H31F2N3O5.CH4/c1-17(37)21-8-4-5-9-22(21)31(40)34-14-26(33)19-7-6-12-35(15-19)28-25(32)13-23-27(30(28)41-3)36(20-10-11-20)16-24(18(2)38)29(23)39;/h4-5,8-9,13,16,20H,6-7,10-12,14-15H2,1-3H3,(H,34,40);1H4/b26-19+;. The number of carbonyl (C=O) groups excluding carboxylic acids is 3. The van der Waals surface area contributed by atoms with Crippen LogP contribution in [-0.2, 0) is 0 Å². The number of fused-ring (bicyclic) bond motifs is 1. The van der Waals surface area contributed by atoms with E-state index in [1.807, 2.05) is 4.57 Å². The number of ether oxygens (including phenoxy) is 1. The summed E-state index contributed by atoms with van der Waals surface area (Å²) < 4.78 is 38.6. The molecule has 1 amide bonds. The number of hydrogen-bond acceptors (Lipinski definition) is 6. The van der Waals surface area contributed by atoms with Gasteiger partial charge >= 0.3 is 0 Å². The highest BCUT2D eigenvalue weighted by Crippen LogP contribution is 2.44. The molecule has 10 heteroatoms. The van der Waals surface area contributed by atoms with E-state index in [1.54, 1.807) is 23.1 Å². The van der Waals surface area contributed by atoms with E-state index in [1.165, 1.54) is 33.2 Å². The molecular formula is C32H35F2N3O5. The molecule has 1 aliphatic heterocycles. The smallest absolute Gasteiger partial charge is 0.252 e. The predicted molar refractivity (Wildman–Crippen MR) is 158 cm³/mol. The zero-order chi connectivity index (χ0) is 29.4. The molecule has 0 radical (unpaired) electrons. The Morgan fingerprint density at radius 3 is 2.36 bits per heavy atom. The summed E-state index contributed by atoms with van der Waals surface area (Å²) in [4.78, 5) is 51.5. The van der Waals surface area contributed by atoms with E-state index in [9.17, 15) is 19.2 Å². The van der Waals surface area contributed by atoms with Gasteiger partial charge in [0.2, 0.25) is 0 Å². The molecule has 1 saturated carbocycles. The molecule has 1 aliphatic carbocycles. The molecule has 3 aromatic rings. The minimum Gasteiger partial charge on any atom is -0.492 e. The van der Waals surface area contributed by atoms with Crippen molar-refractivity contribution >= 4 is 34.1 Å². The van der Waals surface area contributed by atoms with Crippen LogP contribution in [0.4, 0.5) is 14.5 Å². The average molecular weight is 580 g/mol. The van der Waals surface area contributed by atoms with E-state index in [0.717, 1.165) is 18.9 Å². The van der Waals surface area contributed by atoms with Gasteiger partial charge in [0, 0.05) is 30.9 Å². The number of anilines is 1. The van der Waals surface area contributed by atoms with Crippen molar-refractivity contribution in [3.05, 3.63) is 80.7 Å². The van der Waals surface area contributed by atoms with Gasteiger partial charge in [0.15, 0.2) is 28.6 Å². The second-order valence-electron chi connectivity index (χ2n) is 10.5. The summed E-state index contributed by atoms with van der Waals surface area (Å²) in [5.74, 6) is -2.31. The second-order valence-corrected chi connectivity index (χ2v) is 10.5. The van der Waals surface area contributed by atoms with Crippen molar-refractivity contribution in [1.82, 2.24) is 9.88 Å². The van der Waals surface area contributed by atoms with Crippen LogP contribution in [-0.4, -0.2) is 48.8 Å². The maximum Gasteiger partial charge on any atom is 0.252 e. The topological polar surface area (TPSA) is 97.7 Å². The minimum atomic E-state index is -0.703. The van der Waals surface area contributed by atoms with Crippen LogP contribution in [0.15, 0.2) is 52.7 Å². The Bertz CT molecular complexity index is 1670. The number of carbonyl (C=O) groups is 3. The molecule has 2 heterocycles. The number of piperidine rings is 1. The largest absolute Gasteiger partial charge is 0.492 e. The van der Waals surface area contributed by atoms with Crippen LogP contribution >= 0.6 is 0 Å². The predicted octanol–water partition coefficient (Wildman–Crippen LogP) is 5.78. The molecule has 42 heavy (non-hydrogen) atoms. The molecule has 2 fully saturated rings. The maximum absolute atomic E-state index is 15.7. The molecule has 8 nitrogen and oxygen atoms in total. The first-order valence-corrected chi connectivity index (χ1v) is 13.6. The summed E-state index contributed by atoms with van der Waals surface area (Å²) in [7, 11) is 1.40. The number of pyridine rings is 1. The third kappa shape index (κ3) is 5.70. The van der Waals surface area contributed by atoms with Crippen LogP contribution in [0, 0.1) is 5.82 Å². The molecule has 0 atom stereocenters. The Labute approximate surface area is 243 Å². The van der Waals surface area contributed by atoms with Crippen molar-refractivity contribution in [3.63, 3.8) is 0 Å². The number of amides is 1. The average Bonchev–Trinajstić information content (AvgIpc) is 3.81. The molecule has 0 unspecified atom stereocenters. The van der Waals surface area contributed by atoms with Crippen molar-refractivity contribution < 1.29 is 27.9 Å². The number of halogens is 2. The first-order chi connectivity index (χ1) is 19.6. The SMILES string of the molecule is C.COc1c(N2CCC/C(=C(\F)CNC(=O)c3ccccc3C(C)=O)C2)c(F)cc2c(=O)c(C(C)=O)cn(C3CC3)c12. The van der Waals surface area contributed by atoms with Gasteiger partial charge in [0.1, 0.15) is 11.5 Å². The van der Waals surface area contributed by atoms with Crippen LogP contribution in [0.25, 0.3) is 10.9 Å². The van der Waals surface area contributed by atoms with Crippen molar-refractivity contribution in [1.29, 1.82) is 0 Å². The third-order valence-corrected chi connectivity index (χ3v) is 7.67. The molecule has 1 saturated heterocycles. The zero-order valence-corrected chi connectivity index (χ0v) is 23.2. The number of aromatic nitrogens is 1. The quantitative estimate of drug-likeness (QED) is 0.340. The first kappa shape index (κ1) is 30.6. The monoisotopic (exact) mass is 579 g/mol. The van der Waals surface area contributed by atoms with Crippen molar-refractivity contribution in [2.45, 2.75) is 53.0 Å². The second kappa shape index (κ2) is 12.3. The Morgan fingerprint density at radius 1 is 1.07 bits per heavy atom. The Balaban J connectivity index is 0.00000405.